The molecule has 2 N–H and O–H groups in total. The third-order valence-electron chi connectivity index (χ3n) is 2.67. The van der Waals surface area contributed by atoms with Gasteiger partial charge in [0.2, 0.25) is 0 Å². The molecule has 1 amide bonds. The van der Waals surface area contributed by atoms with Gasteiger partial charge in [0.1, 0.15) is 0 Å². The van der Waals surface area contributed by atoms with Crippen LogP contribution in [0, 0.1) is 6.92 Å². The summed E-state index contributed by atoms with van der Waals surface area (Å²) < 4.78 is 0. The minimum absolute atomic E-state index is 0.134. The van der Waals surface area contributed by atoms with Crippen LogP contribution >= 0.6 is 11.3 Å². The number of aromatic nitrogens is 2. The van der Waals surface area contributed by atoms with E-state index in [1.54, 1.807) is 12.3 Å². The van der Waals surface area contributed by atoms with Gasteiger partial charge in [-0.25, -0.2) is 4.98 Å². The molecule has 0 saturated heterocycles. The van der Waals surface area contributed by atoms with E-state index in [1.807, 2.05) is 30.5 Å². The van der Waals surface area contributed by atoms with E-state index in [-0.39, 0.29) is 5.91 Å². The molecule has 5 heteroatoms. The fourth-order valence-electron chi connectivity index (χ4n) is 1.87. The number of carbonyl (C=O) groups excluding carboxylic acids is 1. The van der Waals surface area contributed by atoms with Gasteiger partial charge in [-0.3, -0.25) is 10.1 Å². The minimum atomic E-state index is -0.134. The predicted molar refractivity (Wildman–Crippen MR) is 73.1 cm³/mol. The number of anilines is 1. The molecule has 0 spiro atoms. The molecule has 2 heterocycles. The van der Waals surface area contributed by atoms with Crippen LogP contribution in [-0.4, -0.2) is 15.9 Å². The Morgan fingerprint density at radius 2 is 2.28 bits per heavy atom. The molecule has 3 aromatic rings. The summed E-state index contributed by atoms with van der Waals surface area (Å²) in [5, 5.41) is 6.25. The second-order valence-electron chi connectivity index (χ2n) is 4.05. The SMILES string of the molecule is Cc1cc2cc(C(=O)Nc3nccs3)ccc2[nH]1. The molecule has 3 rings (SSSR count). The highest BCUT2D eigenvalue weighted by molar-refractivity contribution is 7.13. The molecule has 0 saturated carbocycles. The maximum atomic E-state index is 12.0. The average Bonchev–Trinajstić information content (AvgIpc) is 2.95. The average molecular weight is 257 g/mol. The summed E-state index contributed by atoms with van der Waals surface area (Å²) in [5.41, 5.74) is 2.76. The van der Waals surface area contributed by atoms with Crippen LogP contribution in [0.3, 0.4) is 0 Å². The fraction of sp³-hybridized carbons (Fsp3) is 0.0769. The predicted octanol–water partition coefficient (Wildman–Crippen LogP) is 3.19. The maximum Gasteiger partial charge on any atom is 0.257 e. The molecule has 0 atom stereocenters. The number of hydrogen-bond acceptors (Lipinski definition) is 3. The van der Waals surface area contributed by atoms with Crippen molar-refractivity contribution >= 4 is 33.3 Å². The Balaban J connectivity index is 1.91. The van der Waals surface area contributed by atoms with Crippen molar-refractivity contribution in [2.75, 3.05) is 5.32 Å². The van der Waals surface area contributed by atoms with Gasteiger partial charge in [-0.1, -0.05) is 0 Å². The van der Waals surface area contributed by atoms with E-state index in [0.29, 0.717) is 10.7 Å². The summed E-state index contributed by atoms with van der Waals surface area (Å²) in [6.07, 6.45) is 1.67. The first-order valence-electron chi connectivity index (χ1n) is 5.52. The van der Waals surface area contributed by atoms with Gasteiger partial charge in [0.15, 0.2) is 5.13 Å². The third kappa shape index (κ3) is 2.00. The highest BCUT2D eigenvalue weighted by Gasteiger charge is 2.08. The maximum absolute atomic E-state index is 12.0. The Hall–Kier alpha value is -2.14. The van der Waals surface area contributed by atoms with Gasteiger partial charge in [-0.05, 0) is 31.2 Å². The quantitative estimate of drug-likeness (QED) is 0.740. The zero-order valence-corrected chi connectivity index (χ0v) is 10.5. The molecule has 18 heavy (non-hydrogen) atoms. The van der Waals surface area contributed by atoms with Gasteiger partial charge in [-0.15, -0.1) is 11.3 Å². The zero-order valence-electron chi connectivity index (χ0n) is 9.73. The molecule has 0 unspecified atom stereocenters. The van der Waals surface area contributed by atoms with E-state index in [9.17, 15) is 4.79 Å². The van der Waals surface area contributed by atoms with Gasteiger partial charge in [0.25, 0.3) is 5.91 Å². The Kier molecular flexibility index (Phi) is 2.60. The number of benzene rings is 1. The first-order chi connectivity index (χ1) is 8.72. The van der Waals surface area contributed by atoms with Crippen LogP contribution in [0.5, 0.6) is 0 Å². The van der Waals surface area contributed by atoms with Crippen molar-refractivity contribution in [1.29, 1.82) is 0 Å². The second-order valence-corrected chi connectivity index (χ2v) is 4.94. The van der Waals surface area contributed by atoms with Gasteiger partial charge in [-0.2, -0.15) is 0 Å². The van der Waals surface area contributed by atoms with Crippen molar-refractivity contribution in [2.24, 2.45) is 0 Å². The van der Waals surface area contributed by atoms with E-state index >= 15 is 0 Å². The standard InChI is InChI=1S/C13H11N3OS/c1-8-6-10-7-9(2-3-11(10)15-8)12(17)16-13-14-4-5-18-13/h2-7,15H,1H3,(H,14,16,17). The van der Waals surface area contributed by atoms with Crippen LogP contribution in [0.15, 0.2) is 35.8 Å². The molecule has 4 nitrogen and oxygen atoms in total. The van der Waals surface area contributed by atoms with E-state index in [2.05, 4.69) is 15.3 Å². The van der Waals surface area contributed by atoms with Crippen LogP contribution in [-0.2, 0) is 0 Å². The van der Waals surface area contributed by atoms with Crippen molar-refractivity contribution in [3.63, 3.8) is 0 Å². The van der Waals surface area contributed by atoms with Crippen molar-refractivity contribution in [1.82, 2.24) is 9.97 Å². The molecule has 0 aliphatic rings. The van der Waals surface area contributed by atoms with Crippen LogP contribution < -0.4 is 5.32 Å². The topological polar surface area (TPSA) is 57.8 Å². The Labute approximate surface area is 108 Å². The molecule has 0 aliphatic heterocycles. The molecule has 0 bridgehead atoms. The molecule has 90 valence electrons. The number of aryl methyl sites for hydroxylation is 1. The monoisotopic (exact) mass is 257 g/mol. The summed E-state index contributed by atoms with van der Waals surface area (Å²) in [7, 11) is 0. The number of nitrogens with zero attached hydrogens (tertiary/aromatic N) is 1. The van der Waals surface area contributed by atoms with Crippen LogP contribution in [0.1, 0.15) is 16.1 Å². The Bertz CT molecular complexity index is 700. The first kappa shape index (κ1) is 11.0. The molecule has 2 aromatic heterocycles. The molecule has 1 aromatic carbocycles. The number of hydrogen-bond donors (Lipinski definition) is 2. The number of H-pyrrole nitrogens is 1. The number of nitrogens with one attached hydrogen (secondary N) is 2. The van der Waals surface area contributed by atoms with Crippen molar-refractivity contribution in [3.05, 3.63) is 47.1 Å². The van der Waals surface area contributed by atoms with Crippen molar-refractivity contribution < 1.29 is 4.79 Å². The van der Waals surface area contributed by atoms with E-state index in [4.69, 9.17) is 0 Å². The Morgan fingerprint density at radius 1 is 1.39 bits per heavy atom. The van der Waals surface area contributed by atoms with Crippen molar-refractivity contribution in [2.45, 2.75) is 6.92 Å². The number of rotatable bonds is 2. The van der Waals surface area contributed by atoms with Gasteiger partial charge in [0, 0.05) is 33.7 Å². The lowest BCUT2D eigenvalue weighted by Gasteiger charge is -2.01. The lowest BCUT2D eigenvalue weighted by atomic mass is 10.1. The van der Waals surface area contributed by atoms with Gasteiger partial charge >= 0.3 is 0 Å². The molecular weight excluding hydrogens is 246 g/mol. The summed E-state index contributed by atoms with van der Waals surface area (Å²) in [6, 6.07) is 7.62. The van der Waals surface area contributed by atoms with Crippen molar-refractivity contribution in [3.8, 4) is 0 Å². The number of aromatic amines is 1. The Morgan fingerprint density at radius 3 is 3.06 bits per heavy atom. The normalized spacial score (nSPS) is 10.7. The molecule has 0 radical (unpaired) electrons. The molecule has 0 aliphatic carbocycles. The smallest absolute Gasteiger partial charge is 0.257 e. The highest BCUT2D eigenvalue weighted by Crippen LogP contribution is 2.18. The largest absolute Gasteiger partial charge is 0.359 e. The van der Waals surface area contributed by atoms with Crippen LogP contribution in [0.25, 0.3) is 10.9 Å². The fourth-order valence-corrected chi connectivity index (χ4v) is 2.40. The number of carbonyl (C=O) groups is 1. The molecule has 0 fully saturated rings. The van der Waals surface area contributed by atoms with Gasteiger partial charge < -0.3 is 4.98 Å². The van der Waals surface area contributed by atoms with E-state index < -0.39 is 0 Å². The van der Waals surface area contributed by atoms with Crippen LogP contribution in [0.2, 0.25) is 0 Å². The zero-order chi connectivity index (χ0) is 12.5. The summed E-state index contributed by atoms with van der Waals surface area (Å²) >= 11 is 1.40. The minimum Gasteiger partial charge on any atom is -0.359 e. The third-order valence-corrected chi connectivity index (χ3v) is 3.36. The van der Waals surface area contributed by atoms with E-state index in [0.717, 1.165) is 16.6 Å². The second kappa shape index (κ2) is 4.27. The summed E-state index contributed by atoms with van der Waals surface area (Å²) in [6.45, 7) is 2.00. The highest BCUT2D eigenvalue weighted by atomic mass is 32.1. The lowest BCUT2D eigenvalue weighted by molar-refractivity contribution is 0.102. The summed E-state index contributed by atoms with van der Waals surface area (Å²) in [4.78, 5) is 19.3. The number of fused-ring (bicyclic) bond motifs is 1. The molecular formula is C13H11N3OS. The first-order valence-corrected chi connectivity index (χ1v) is 6.40. The number of amides is 1. The lowest BCUT2D eigenvalue weighted by Crippen LogP contribution is -2.11. The van der Waals surface area contributed by atoms with Crippen LogP contribution in [0.4, 0.5) is 5.13 Å². The number of thiazole rings is 1. The van der Waals surface area contributed by atoms with E-state index in [1.165, 1.54) is 11.3 Å². The van der Waals surface area contributed by atoms with Gasteiger partial charge in [0.05, 0.1) is 0 Å². The summed E-state index contributed by atoms with van der Waals surface area (Å²) in [5.74, 6) is -0.134.